The van der Waals surface area contributed by atoms with Gasteiger partial charge in [-0.3, -0.25) is 4.79 Å². The van der Waals surface area contributed by atoms with Crippen LogP contribution in [-0.2, 0) is 21.2 Å². The Labute approximate surface area is 258 Å². The third-order valence-corrected chi connectivity index (χ3v) is 9.05. The second-order valence-electron chi connectivity index (χ2n) is 10.4. The van der Waals surface area contributed by atoms with Gasteiger partial charge in [-0.2, -0.15) is 4.31 Å². The number of sulfonamides is 1. The number of amides is 1. The average Bonchev–Trinajstić information content (AvgIpc) is 3.35. The van der Waals surface area contributed by atoms with Gasteiger partial charge >= 0.3 is 5.97 Å². The Kier molecular flexibility index (Phi) is 7.69. The molecule has 2 heterocycles. The van der Waals surface area contributed by atoms with Gasteiger partial charge in [-0.25, -0.2) is 18.2 Å². The summed E-state index contributed by atoms with van der Waals surface area (Å²) in [4.78, 5) is 36.5. The molecule has 2 aromatic heterocycles. The van der Waals surface area contributed by atoms with Gasteiger partial charge in [0.15, 0.2) is 0 Å². The number of aromatic hydroxyl groups is 2. The highest BCUT2D eigenvalue weighted by atomic mass is 32.2. The van der Waals surface area contributed by atoms with E-state index in [1.165, 1.54) is 36.4 Å². The minimum Gasteiger partial charge on any atom is -0.492 e. The molecule has 6 rings (SSSR count). The SMILES string of the molecule is Cc1ccc(S(=O)(=O)N(C(=O)c2c3ccccc3nc3ccccc23)c2ccc(CCC(=O)On3c(O)ccc3O)cc2)cc1. The van der Waals surface area contributed by atoms with Crippen molar-refractivity contribution in [2.24, 2.45) is 0 Å². The fourth-order valence-corrected chi connectivity index (χ4v) is 6.44. The molecule has 226 valence electrons. The first-order valence-corrected chi connectivity index (χ1v) is 15.4. The first-order valence-electron chi connectivity index (χ1n) is 14.0. The van der Waals surface area contributed by atoms with E-state index in [-0.39, 0.29) is 29.0 Å². The molecule has 0 aliphatic carbocycles. The lowest BCUT2D eigenvalue weighted by Crippen LogP contribution is -2.37. The van der Waals surface area contributed by atoms with Crippen LogP contribution in [0.15, 0.2) is 114 Å². The summed E-state index contributed by atoms with van der Waals surface area (Å²) in [5.41, 5.74) is 2.95. The molecule has 6 aromatic rings. The molecule has 2 N–H and O–H groups in total. The lowest BCUT2D eigenvalue weighted by atomic mass is 10.0. The highest BCUT2D eigenvalue weighted by Crippen LogP contribution is 2.32. The number of aryl methyl sites for hydroxylation is 2. The summed E-state index contributed by atoms with van der Waals surface area (Å²) >= 11 is 0. The lowest BCUT2D eigenvalue weighted by molar-refractivity contribution is -0.145. The van der Waals surface area contributed by atoms with Crippen molar-refractivity contribution in [3.63, 3.8) is 0 Å². The number of hydrogen-bond donors (Lipinski definition) is 2. The maximum atomic E-state index is 14.6. The molecule has 0 spiro atoms. The number of pyridine rings is 1. The molecule has 4 aromatic carbocycles. The highest BCUT2D eigenvalue weighted by molar-refractivity contribution is 7.93. The Morgan fingerprint density at radius 2 is 1.33 bits per heavy atom. The Bertz CT molecular complexity index is 2100. The summed E-state index contributed by atoms with van der Waals surface area (Å²) in [6, 6.07) is 29.1. The van der Waals surface area contributed by atoms with Crippen molar-refractivity contribution in [1.29, 1.82) is 0 Å². The van der Waals surface area contributed by atoms with Gasteiger partial charge in [0.25, 0.3) is 15.9 Å². The fraction of sp³-hybridized carbons (Fsp3) is 0.0882. The molecule has 1 amide bonds. The van der Waals surface area contributed by atoms with Crippen LogP contribution in [0.1, 0.15) is 27.9 Å². The number of aromatic nitrogens is 2. The van der Waals surface area contributed by atoms with E-state index in [4.69, 9.17) is 4.84 Å². The van der Waals surface area contributed by atoms with Crippen molar-refractivity contribution in [2.45, 2.75) is 24.7 Å². The number of rotatable bonds is 8. The third kappa shape index (κ3) is 5.68. The summed E-state index contributed by atoms with van der Waals surface area (Å²) in [5.74, 6) is -2.32. The van der Waals surface area contributed by atoms with E-state index >= 15 is 0 Å². The first kappa shape index (κ1) is 29.4. The zero-order chi connectivity index (χ0) is 31.7. The molecular formula is C34H27N3O7S. The molecule has 0 bridgehead atoms. The van der Waals surface area contributed by atoms with Gasteiger partial charge in [0.1, 0.15) is 0 Å². The number of carbonyl (C=O) groups excluding carboxylic acids is 2. The number of para-hydroxylation sites is 2. The van der Waals surface area contributed by atoms with Crippen LogP contribution in [0.25, 0.3) is 21.8 Å². The van der Waals surface area contributed by atoms with Crippen LogP contribution in [0, 0.1) is 6.92 Å². The number of anilines is 1. The lowest BCUT2D eigenvalue weighted by Gasteiger charge is -2.24. The van der Waals surface area contributed by atoms with E-state index in [1.54, 1.807) is 72.8 Å². The van der Waals surface area contributed by atoms with E-state index in [9.17, 15) is 28.2 Å². The zero-order valence-corrected chi connectivity index (χ0v) is 24.8. The summed E-state index contributed by atoms with van der Waals surface area (Å²) in [6.45, 7) is 1.84. The normalized spacial score (nSPS) is 11.5. The van der Waals surface area contributed by atoms with Crippen LogP contribution in [0.5, 0.6) is 11.8 Å². The molecule has 0 radical (unpaired) electrons. The van der Waals surface area contributed by atoms with Gasteiger partial charge in [-0.05, 0) is 55.3 Å². The molecular weight excluding hydrogens is 594 g/mol. The predicted octanol–water partition coefficient (Wildman–Crippen LogP) is 5.53. The topological polar surface area (TPSA) is 139 Å². The fourth-order valence-electron chi connectivity index (χ4n) is 5.04. The third-order valence-electron chi connectivity index (χ3n) is 7.32. The van der Waals surface area contributed by atoms with Crippen molar-refractivity contribution in [1.82, 2.24) is 9.71 Å². The van der Waals surface area contributed by atoms with Crippen LogP contribution in [0.4, 0.5) is 5.69 Å². The molecule has 0 fully saturated rings. The Morgan fingerprint density at radius 1 is 0.778 bits per heavy atom. The van der Waals surface area contributed by atoms with Gasteiger partial charge in [0, 0.05) is 22.9 Å². The Balaban J connectivity index is 1.38. The van der Waals surface area contributed by atoms with E-state index < -0.39 is 33.7 Å². The molecule has 0 aliphatic rings. The molecule has 0 saturated carbocycles. The standard InChI is InChI=1S/C34H27N3O7S/c1-22-10-17-25(18-11-22)45(42,43)37(34(41)33-26-6-2-4-8-28(26)35-29-9-5-3-7-27(29)33)24-15-12-23(13-16-24)14-21-32(40)44-36-30(38)19-20-31(36)39/h2-13,15-20,38-39H,14,21H2,1H3. The Hall–Kier alpha value is -5.68. The molecule has 0 aliphatic heterocycles. The van der Waals surface area contributed by atoms with Gasteiger partial charge in [-0.15, -0.1) is 4.73 Å². The maximum Gasteiger partial charge on any atom is 0.333 e. The number of fused-ring (bicyclic) bond motifs is 2. The predicted molar refractivity (Wildman–Crippen MR) is 169 cm³/mol. The summed E-state index contributed by atoms with van der Waals surface area (Å²) in [7, 11) is -4.39. The second kappa shape index (κ2) is 11.8. The van der Waals surface area contributed by atoms with Gasteiger partial charge in [0.05, 0.1) is 33.6 Å². The van der Waals surface area contributed by atoms with E-state index in [2.05, 4.69) is 4.98 Å². The smallest absolute Gasteiger partial charge is 0.333 e. The van der Waals surface area contributed by atoms with Gasteiger partial charge in [0.2, 0.25) is 11.8 Å². The number of benzene rings is 4. The second-order valence-corrected chi connectivity index (χ2v) is 12.2. The molecule has 10 nitrogen and oxygen atoms in total. The summed E-state index contributed by atoms with van der Waals surface area (Å²) < 4.78 is 29.9. The van der Waals surface area contributed by atoms with Crippen molar-refractivity contribution in [2.75, 3.05) is 4.31 Å². The number of hydrogen-bond acceptors (Lipinski definition) is 8. The minimum absolute atomic E-state index is 0.0487. The summed E-state index contributed by atoms with van der Waals surface area (Å²) in [6.07, 6.45) is 0.107. The molecule has 0 atom stereocenters. The molecule has 0 unspecified atom stereocenters. The van der Waals surface area contributed by atoms with Crippen LogP contribution >= 0.6 is 0 Å². The average molecular weight is 622 g/mol. The van der Waals surface area contributed by atoms with Crippen molar-refractivity contribution < 1.29 is 33.1 Å². The minimum atomic E-state index is -4.39. The monoisotopic (exact) mass is 621 g/mol. The highest BCUT2D eigenvalue weighted by Gasteiger charge is 2.34. The van der Waals surface area contributed by atoms with E-state index in [0.717, 1.165) is 9.87 Å². The van der Waals surface area contributed by atoms with Crippen molar-refractivity contribution >= 4 is 49.4 Å². The van der Waals surface area contributed by atoms with E-state index in [1.807, 2.05) is 6.92 Å². The Morgan fingerprint density at radius 3 is 1.91 bits per heavy atom. The zero-order valence-electron chi connectivity index (χ0n) is 24.0. The van der Waals surface area contributed by atoms with Gasteiger partial charge in [-0.1, -0.05) is 66.2 Å². The van der Waals surface area contributed by atoms with Crippen LogP contribution in [-0.4, -0.2) is 40.2 Å². The van der Waals surface area contributed by atoms with Crippen molar-refractivity contribution in [3.8, 4) is 11.8 Å². The van der Waals surface area contributed by atoms with Crippen LogP contribution < -0.4 is 9.14 Å². The van der Waals surface area contributed by atoms with Crippen LogP contribution in [0.2, 0.25) is 0 Å². The maximum absolute atomic E-state index is 14.6. The molecule has 45 heavy (non-hydrogen) atoms. The molecule has 0 saturated heterocycles. The quantitative estimate of drug-likeness (QED) is 0.212. The van der Waals surface area contributed by atoms with Crippen molar-refractivity contribution in [3.05, 3.63) is 126 Å². The summed E-state index contributed by atoms with van der Waals surface area (Å²) in [5, 5.41) is 20.4. The number of carbonyl (C=O) groups is 2. The first-order chi connectivity index (χ1) is 21.6. The molecule has 11 heteroatoms. The largest absolute Gasteiger partial charge is 0.492 e. The number of nitrogens with zero attached hydrogens (tertiary/aromatic N) is 3. The van der Waals surface area contributed by atoms with Gasteiger partial charge < -0.3 is 15.1 Å². The van der Waals surface area contributed by atoms with E-state index in [0.29, 0.717) is 32.1 Å². The van der Waals surface area contributed by atoms with Crippen LogP contribution in [0.3, 0.4) is 0 Å².